The molecule has 0 saturated carbocycles. The first-order valence-corrected chi connectivity index (χ1v) is 2.01. The third-order valence-corrected chi connectivity index (χ3v) is 0. The predicted molar refractivity (Wildman–Crippen MR) is 20.6 cm³/mol. The molecular weight excluding hydrogens is 187 g/mol. The Hall–Kier alpha value is 1.32. The fourth-order valence-electron chi connectivity index (χ4n) is 0. The van der Waals surface area contributed by atoms with Crippen LogP contribution in [-0.4, -0.2) is 58.5 Å². The maximum atomic E-state index is 10.2. The van der Waals surface area contributed by atoms with Crippen LogP contribution in [0.25, 0.3) is 0 Å². The zero-order valence-corrected chi connectivity index (χ0v) is 7.05. The number of hydrogen-bond donors (Lipinski definition) is 1. The van der Waals surface area contributed by atoms with Crippen molar-refractivity contribution in [3.05, 3.63) is 0 Å². The molecule has 0 aliphatic carbocycles. The van der Waals surface area contributed by atoms with Crippen molar-refractivity contribution in [2.75, 3.05) is 0 Å². The first-order chi connectivity index (χ1) is 2.00. The van der Waals surface area contributed by atoms with E-state index in [-0.39, 0.29) is 48.3 Å². The number of rotatable bonds is 0. The van der Waals surface area contributed by atoms with Crippen LogP contribution in [0.4, 0.5) is 3.89 Å². The molecule has 0 aliphatic rings. The fourth-order valence-corrected chi connectivity index (χ4v) is 0. The molecule has 0 heterocycles. The Labute approximate surface area is 74.8 Å². The predicted octanol–water partition coefficient (Wildman–Crippen LogP) is -0.397. The van der Waals surface area contributed by atoms with Gasteiger partial charge in [-0.3, -0.25) is 4.55 Å². The number of hydrogen-bond acceptors (Lipinski definition) is 2. The second kappa shape index (κ2) is 3.34. The first-order valence-electron chi connectivity index (χ1n) is 0.670. The Kier molecular flexibility index (Phi) is 5.75. The van der Waals surface area contributed by atoms with Gasteiger partial charge < -0.3 is 2.85 Å². The van der Waals surface area contributed by atoms with Gasteiger partial charge in [0.05, 0.1) is 0 Å². The van der Waals surface area contributed by atoms with Gasteiger partial charge in [-0.15, -0.1) is 0 Å². The zero-order valence-electron chi connectivity index (χ0n) is 4.76. The summed E-state index contributed by atoms with van der Waals surface area (Å²) in [5.74, 6) is 0. The van der Waals surface area contributed by atoms with E-state index in [2.05, 4.69) is 0 Å². The van der Waals surface area contributed by atoms with Crippen LogP contribution in [0.5, 0.6) is 0 Å². The van der Waals surface area contributed by atoms with Crippen LogP contribution in [0, 0.1) is 0 Å². The van der Waals surface area contributed by atoms with E-state index in [9.17, 15) is 3.89 Å². The summed E-state index contributed by atoms with van der Waals surface area (Å²) in [5.41, 5.74) is 0. The second-order valence-electron chi connectivity index (χ2n) is 0.412. The Bertz CT molecular complexity index is 100. The summed E-state index contributed by atoms with van der Waals surface area (Å²) in [6, 6.07) is 0. The smallest absolute Gasteiger partial charge is 1.00 e. The van der Waals surface area contributed by atoms with E-state index < -0.39 is 10.5 Å². The minimum atomic E-state index is -5.17. The van der Waals surface area contributed by atoms with Gasteiger partial charge in [0.1, 0.15) is 0 Å². The Morgan fingerprint density at radius 3 is 1.67 bits per heavy atom. The molecule has 0 rings (SSSR count). The fraction of sp³-hybridized carbons (Fsp3) is 0. The molecule has 0 aliphatic heterocycles. The maximum absolute atomic E-state index is 10.2. The molecule has 0 aromatic carbocycles. The van der Waals surface area contributed by atoms with Gasteiger partial charge in [0.15, 0.2) is 0 Å². The minimum Gasteiger partial charge on any atom is -1.00 e. The van der Waals surface area contributed by atoms with E-state index in [1.165, 1.54) is 0 Å². The van der Waals surface area contributed by atoms with Crippen molar-refractivity contribution >= 4 is 56.0 Å². The molecule has 6 heavy (non-hydrogen) atoms. The van der Waals surface area contributed by atoms with Gasteiger partial charge in [-0.05, 0) is 0 Å². The van der Waals surface area contributed by atoms with Crippen molar-refractivity contribution in [3.63, 3.8) is 0 Å². The summed E-state index contributed by atoms with van der Waals surface area (Å²) < 4.78 is 34.1. The summed E-state index contributed by atoms with van der Waals surface area (Å²) in [4.78, 5) is 0. The summed E-state index contributed by atoms with van der Waals surface area (Å²) >= 11 is 0. The molecular formula is H3FO3SSr. The van der Waals surface area contributed by atoms with Gasteiger partial charge in [0, 0.05) is 0 Å². The first kappa shape index (κ1) is 10.3. The van der Waals surface area contributed by atoms with Crippen LogP contribution in [0.3, 0.4) is 0 Å². The largest absolute Gasteiger partial charge is 2.00 e. The van der Waals surface area contributed by atoms with Crippen molar-refractivity contribution in [2.24, 2.45) is 0 Å². The molecule has 0 amide bonds. The van der Waals surface area contributed by atoms with Crippen molar-refractivity contribution < 1.29 is 19.7 Å². The average Bonchev–Trinajstić information content (AvgIpc) is 0.722. The molecule has 0 bridgehead atoms. The van der Waals surface area contributed by atoms with Crippen molar-refractivity contribution in [1.29, 1.82) is 0 Å². The third kappa shape index (κ3) is 57.0. The Balaban J connectivity index is -0.0000000267. The molecule has 0 aromatic rings. The van der Waals surface area contributed by atoms with E-state index in [4.69, 9.17) is 13.0 Å². The summed E-state index contributed by atoms with van der Waals surface area (Å²) in [7, 11) is -5.17. The zero-order chi connectivity index (χ0) is 4.50. The van der Waals surface area contributed by atoms with Crippen LogP contribution < -0.4 is 0 Å². The second-order valence-corrected chi connectivity index (χ2v) is 1.24. The Morgan fingerprint density at radius 1 is 1.67 bits per heavy atom. The van der Waals surface area contributed by atoms with E-state index in [0.717, 1.165) is 0 Å². The van der Waals surface area contributed by atoms with Gasteiger partial charge in [-0.2, -0.15) is 8.42 Å². The van der Waals surface area contributed by atoms with Crippen molar-refractivity contribution in [2.45, 2.75) is 0 Å². The van der Waals surface area contributed by atoms with Crippen LogP contribution in [-0.2, 0) is 10.5 Å². The monoisotopic (exact) mass is 190 g/mol. The van der Waals surface area contributed by atoms with Crippen LogP contribution in [0.15, 0.2) is 0 Å². The molecule has 0 atom stereocenters. The summed E-state index contributed by atoms with van der Waals surface area (Å²) in [6.07, 6.45) is 0. The molecule has 0 spiro atoms. The van der Waals surface area contributed by atoms with Crippen LogP contribution >= 0.6 is 0 Å². The van der Waals surface area contributed by atoms with E-state index in [1.54, 1.807) is 0 Å². The van der Waals surface area contributed by atoms with Gasteiger partial charge in [-0.1, -0.05) is 3.89 Å². The average molecular weight is 190 g/mol. The van der Waals surface area contributed by atoms with Gasteiger partial charge in [0.25, 0.3) is 0 Å². The molecule has 36 valence electrons. The Morgan fingerprint density at radius 2 is 1.67 bits per heavy atom. The molecule has 0 aromatic heterocycles. The standard InChI is InChI=1S/FHO3S.Sr.2H/c1-5(2,3)4;;;/h(H,2,3,4);;;/q;+2;2*-1. The molecule has 0 saturated heterocycles. The molecule has 0 fully saturated rings. The summed E-state index contributed by atoms with van der Waals surface area (Å²) in [6.45, 7) is 0. The molecule has 0 unspecified atom stereocenters. The topological polar surface area (TPSA) is 54.4 Å². The van der Waals surface area contributed by atoms with E-state index >= 15 is 0 Å². The maximum Gasteiger partial charge on any atom is 2.00 e. The SMILES string of the molecule is O=S(=O)(O)F.[H-].[H-].[Sr+2]. The van der Waals surface area contributed by atoms with Crippen molar-refractivity contribution in [1.82, 2.24) is 0 Å². The third-order valence-electron chi connectivity index (χ3n) is 0. The van der Waals surface area contributed by atoms with E-state index in [1.807, 2.05) is 0 Å². The van der Waals surface area contributed by atoms with Gasteiger partial charge in [0.2, 0.25) is 0 Å². The van der Waals surface area contributed by atoms with Crippen LogP contribution in [0.1, 0.15) is 2.85 Å². The van der Waals surface area contributed by atoms with Gasteiger partial charge >= 0.3 is 56.0 Å². The number of halogens is 1. The normalized spacial score (nSPS) is 9.67. The van der Waals surface area contributed by atoms with Crippen LogP contribution in [0.2, 0.25) is 0 Å². The molecule has 6 heteroatoms. The minimum absolute atomic E-state index is 0. The molecule has 1 N–H and O–H groups in total. The van der Waals surface area contributed by atoms with Gasteiger partial charge in [-0.25, -0.2) is 0 Å². The molecule has 3 nitrogen and oxygen atoms in total. The quantitative estimate of drug-likeness (QED) is 0.321. The summed E-state index contributed by atoms with van der Waals surface area (Å²) in [5, 5.41) is 0. The molecule has 0 radical (unpaired) electrons. The van der Waals surface area contributed by atoms with Crippen molar-refractivity contribution in [3.8, 4) is 0 Å². The van der Waals surface area contributed by atoms with E-state index in [0.29, 0.717) is 0 Å².